The van der Waals surface area contributed by atoms with Gasteiger partial charge in [-0.25, -0.2) is 0 Å². The molecule has 2 saturated carbocycles. The molecule has 3 saturated heterocycles. The van der Waals surface area contributed by atoms with Crippen LogP contribution in [0, 0.1) is 0 Å². The highest BCUT2D eigenvalue weighted by Crippen LogP contribution is 2.37. The first kappa shape index (κ1) is 26.0. The van der Waals surface area contributed by atoms with Crippen molar-refractivity contribution in [2.75, 3.05) is 32.8 Å². The number of benzene rings is 1. The van der Waals surface area contributed by atoms with Crippen LogP contribution >= 0.6 is 0 Å². The number of hydrogen-bond acceptors (Lipinski definition) is 6. The van der Waals surface area contributed by atoms with E-state index in [2.05, 4.69) is 22.3 Å². The van der Waals surface area contributed by atoms with Gasteiger partial charge in [0.15, 0.2) is 5.78 Å². The first-order chi connectivity index (χ1) is 18.5. The summed E-state index contributed by atoms with van der Waals surface area (Å²) in [5, 5.41) is 3.13. The van der Waals surface area contributed by atoms with Crippen LogP contribution in [-0.4, -0.2) is 90.1 Å². The maximum atomic E-state index is 14.0. The van der Waals surface area contributed by atoms with Crippen LogP contribution in [0.5, 0.6) is 0 Å². The number of carbonyl (C=O) groups is 3. The average molecular weight is 524 g/mol. The molecule has 0 spiro atoms. The lowest BCUT2D eigenvalue weighted by Crippen LogP contribution is -2.60. The lowest BCUT2D eigenvalue weighted by Gasteiger charge is -2.42. The molecule has 38 heavy (non-hydrogen) atoms. The fourth-order valence-electron chi connectivity index (χ4n) is 7.37. The Hall–Kier alpha value is -2.29. The molecule has 3 heterocycles. The summed E-state index contributed by atoms with van der Waals surface area (Å²) < 4.78 is 11.5. The molecule has 3 aliphatic heterocycles. The third-order valence-electron chi connectivity index (χ3n) is 9.76. The first-order valence-electron chi connectivity index (χ1n) is 14.7. The topological polar surface area (TPSA) is 88.2 Å². The quantitative estimate of drug-likeness (QED) is 0.591. The minimum absolute atomic E-state index is 0.00794. The van der Waals surface area contributed by atoms with E-state index in [1.807, 2.05) is 19.1 Å². The highest BCUT2D eigenvalue weighted by Gasteiger charge is 2.57. The molecule has 2 aliphatic carbocycles. The van der Waals surface area contributed by atoms with E-state index in [0.717, 1.165) is 32.0 Å². The van der Waals surface area contributed by atoms with Crippen molar-refractivity contribution in [3.8, 4) is 0 Å². The van der Waals surface area contributed by atoms with Crippen molar-refractivity contribution in [3.63, 3.8) is 0 Å². The van der Waals surface area contributed by atoms with Crippen LogP contribution in [0.15, 0.2) is 24.3 Å². The molecule has 8 nitrogen and oxygen atoms in total. The van der Waals surface area contributed by atoms with Gasteiger partial charge >= 0.3 is 0 Å². The highest BCUT2D eigenvalue weighted by molar-refractivity contribution is 6.01. The summed E-state index contributed by atoms with van der Waals surface area (Å²) in [5.41, 5.74) is 0.885. The number of ether oxygens (including phenoxy) is 2. The van der Waals surface area contributed by atoms with Crippen molar-refractivity contribution in [3.05, 3.63) is 35.4 Å². The van der Waals surface area contributed by atoms with Crippen molar-refractivity contribution in [1.82, 2.24) is 15.1 Å². The molecule has 0 unspecified atom stereocenters. The number of fused-ring (bicyclic) bond motifs is 1. The van der Waals surface area contributed by atoms with Gasteiger partial charge in [0.2, 0.25) is 5.91 Å². The molecule has 1 aromatic rings. The van der Waals surface area contributed by atoms with Gasteiger partial charge < -0.3 is 24.6 Å². The third-order valence-corrected chi connectivity index (χ3v) is 9.76. The summed E-state index contributed by atoms with van der Waals surface area (Å²) in [5.74, 6) is 0.0600. The second-order valence-electron chi connectivity index (χ2n) is 11.9. The van der Waals surface area contributed by atoms with Gasteiger partial charge in [-0.2, -0.15) is 0 Å². The van der Waals surface area contributed by atoms with E-state index in [1.165, 1.54) is 37.7 Å². The highest BCUT2D eigenvalue weighted by atomic mass is 16.6. The summed E-state index contributed by atoms with van der Waals surface area (Å²) in [6, 6.07) is 8.18. The van der Waals surface area contributed by atoms with Gasteiger partial charge in [-0.3, -0.25) is 14.4 Å². The Balaban J connectivity index is 1.12. The number of nitrogens with zero attached hydrogens (tertiary/aromatic N) is 2. The third kappa shape index (κ3) is 4.69. The molecule has 0 radical (unpaired) electrons. The molecule has 5 fully saturated rings. The second kappa shape index (κ2) is 10.7. The summed E-state index contributed by atoms with van der Waals surface area (Å²) in [6.45, 7) is 5.05. The maximum absolute atomic E-state index is 14.0. The lowest BCUT2D eigenvalue weighted by atomic mass is 9.85. The molecule has 0 bridgehead atoms. The molecule has 6 rings (SSSR count). The Morgan fingerprint density at radius 3 is 2.39 bits per heavy atom. The van der Waals surface area contributed by atoms with Gasteiger partial charge in [0, 0.05) is 18.2 Å². The average Bonchev–Trinajstić information content (AvgIpc) is 3.62. The zero-order valence-corrected chi connectivity index (χ0v) is 22.5. The van der Waals surface area contributed by atoms with Crippen LogP contribution in [0.3, 0.4) is 0 Å². The molecule has 8 heteroatoms. The van der Waals surface area contributed by atoms with Crippen molar-refractivity contribution >= 4 is 17.6 Å². The molecule has 1 aromatic carbocycles. The van der Waals surface area contributed by atoms with Gasteiger partial charge in [-0.1, -0.05) is 31.4 Å². The fourth-order valence-corrected chi connectivity index (χ4v) is 7.37. The predicted molar refractivity (Wildman–Crippen MR) is 142 cm³/mol. The molecule has 5 aliphatic rings. The Bertz CT molecular complexity index is 1040. The molecule has 0 aromatic heterocycles. The maximum Gasteiger partial charge on any atom is 0.252 e. The zero-order chi connectivity index (χ0) is 26.3. The number of likely N-dealkylation sites (tertiary alicyclic amines) is 2. The van der Waals surface area contributed by atoms with Crippen LogP contribution in [0.1, 0.15) is 86.6 Å². The van der Waals surface area contributed by atoms with E-state index in [4.69, 9.17) is 9.47 Å². The number of piperidine rings is 1. The number of amides is 2. The molecular weight excluding hydrogens is 482 g/mol. The number of rotatable bonds is 7. The number of nitrogens with one attached hydrogen (secondary N) is 1. The van der Waals surface area contributed by atoms with Gasteiger partial charge in [-0.15, -0.1) is 0 Å². The summed E-state index contributed by atoms with van der Waals surface area (Å²) >= 11 is 0. The normalized spacial score (nSPS) is 29.9. The lowest BCUT2D eigenvalue weighted by molar-refractivity contribution is -0.142. The van der Waals surface area contributed by atoms with E-state index in [1.54, 1.807) is 4.90 Å². The van der Waals surface area contributed by atoms with Crippen molar-refractivity contribution in [2.24, 2.45) is 0 Å². The van der Waals surface area contributed by atoms with Gasteiger partial charge in [-0.05, 0) is 82.2 Å². The van der Waals surface area contributed by atoms with Crippen LogP contribution in [0.2, 0.25) is 0 Å². The summed E-state index contributed by atoms with van der Waals surface area (Å²) in [6.07, 6.45) is 8.58. The number of Topliss-reactive ketones (excluding diaryl/α,β-unsaturated/α-hetero) is 1. The Labute approximate surface area is 225 Å². The molecule has 206 valence electrons. The van der Waals surface area contributed by atoms with Gasteiger partial charge in [0.05, 0.1) is 6.54 Å². The number of hydrogen-bond donors (Lipinski definition) is 1. The Kier molecular flexibility index (Phi) is 7.31. The molecule has 2 amide bonds. The number of carbonyl (C=O) groups excluding carboxylic acids is 3. The standard InChI is InChI=1S/C30H41N3O5/c1-2-37-25-18-33(26-24(34)19-38-27(25)26)29(36)30(14-3-4-15-30)31-28(35)22-10-8-20(9-11-22)21-12-16-32(17-13-21)23-6-5-7-23/h8-11,21,23,25-27H,2-7,12-19H2,1H3,(H,31,35)/t25-,26+,27+/m0/s1. The Morgan fingerprint density at radius 1 is 1.05 bits per heavy atom. The fraction of sp³-hybridized carbons (Fsp3) is 0.700. The van der Waals surface area contributed by atoms with Crippen molar-refractivity contribution in [2.45, 2.75) is 100 Å². The minimum Gasteiger partial charge on any atom is -0.374 e. The van der Waals surface area contributed by atoms with Crippen LogP contribution in [0.4, 0.5) is 0 Å². The van der Waals surface area contributed by atoms with Gasteiger partial charge in [0.25, 0.3) is 5.91 Å². The van der Waals surface area contributed by atoms with Crippen LogP contribution < -0.4 is 5.32 Å². The Morgan fingerprint density at radius 2 is 1.76 bits per heavy atom. The second-order valence-corrected chi connectivity index (χ2v) is 11.9. The largest absolute Gasteiger partial charge is 0.374 e. The minimum atomic E-state index is -0.987. The first-order valence-corrected chi connectivity index (χ1v) is 14.7. The summed E-state index contributed by atoms with van der Waals surface area (Å²) in [4.78, 5) is 44.3. The van der Waals surface area contributed by atoms with E-state index in [9.17, 15) is 14.4 Å². The van der Waals surface area contributed by atoms with Crippen molar-refractivity contribution < 1.29 is 23.9 Å². The van der Waals surface area contributed by atoms with Gasteiger partial charge in [0.1, 0.15) is 30.4 Å². The van der Waals surface area contributed by atoms with Crippen molar-refractivity contribution in [1.29, 1.82) is 0 Å². The molecule has 1 N–H and O–H groups in total. The van der Waals surface area contributed by atoms with Crippen LogP contribution in [-0.2, 0) is 19.1 Å². The zero-order valence-electron chi connectivity index (χ0n) is 22.5. The predicted octanol–water partition coefficient (Wildman–Crippen LogP) is 3.04. The van der Waals surface area contributed by atoms with E-state index < -0.39 is 17.7 Å². The van der Waals surface area contributed by atoms with E-state index in [-0.39, 0.29) is 30.3 Å². The van der Waals surface area contributed by atoms with Crippen LogP contribution in [0.25, 0.3) is 0 Å². The van der Waals surface area contributed by atoms with E-state index >= 15 is 0 Å². The molecular formula is C30H41N3O5. The number of ketones is 1. The molecule has 3 atom stereocenters. The smallest absolute Gasteiger partial charge is 0.252 e. The SMILES string of the molecule is CCO[C@H]1CN(C(=O)C2(NC(=O)c3ccc(C4CCN(C5CCC5)CC4)cc3)CCCC2)[C@@H]2C(=O)CO[C@H]12. The van der Waals surface area contributed by atoms with E-state index in [0.29, 0.717) is 37.5 Å². The summed E-state index contributed by atoms with van der Waals surface area (Å²) in [7, 11) is 0. The monoisotopic (exact) mass is 523 g/mol.